The van der Waals surface area contributed by atoms with Crippen LogP contribution in [0.15, 0.2) is 60.8 Å². The van der Waals surface area contributed by atoms with E-state index < -0.39 is 17.7 Å². The number of carboxylic acid groups (broad SMARTS) is 1. The van der Waals surface area contributed by atoms with Crippen molar-refractivity contribution >= 4 is 17.6 Å². The summed E-state index contributed by atoms with van der Waals surface area (Å²) in [4.78, 5) is 18.6. The molecule has 26 heavy (non-hydrogen) atoms. The van der Waals surface area contributed by atoms with Crippen LogP contribution in [0.2, 0.25) is 0 Å². The number of rotatable bonds is 4. The quantitative estimate of drug-likeness (QED) is 0.712. The van der Waals surface area contributed by atoms with Gasteiger partial charge < -0.3 is 10.4 Å². The standard InChI is InChI=1S/C18H12F3N3O2/c19-18(20,21)14-10-22-17(24-15(14)11-4-2-1-3-5-11)23-13-8-6-12(7-9-13)16(25)26/h1-10H,(H,25,26)(H,22,23,24). The van der Waals surface area contributed by atoms with Gasteiger partial charge in [0.15, 0.2) is 0 Å². The van der Waals surface area contributed by atoms with Gasteiger partial charge in [0.2, 0.25) is 5.95 Å². The molecule has 0 amide bonds. The van der Waals surface area contributed by atoms with Crippen LogP contribution in [0.4, 0.5) is 24.8 Å². The highest BCUT2D eigenvalue weighted by Gasteiger charge is 2.35. The predicted octanol–water partition coefficient (Wildman–Crippen LogP) is 4.60. The first-order valence-corrected chi connectivity index (χ1v) is 7.44. The lowest BCUT2D eigenvalue weighted by molar-refractivity contribution is -0.137. The van der Waals surface area contributed by atoms with Crippen molar-refractivity contribution in [2.24, 2.45) is 0 Å². The van der Waals surface area contributed by atoms with E-state index in [4.69, 9.17) is 5.11 Å². The summed E-state index contributed by atoms with van der Waals surface area (Å²) in [6.07, 6.45) is -3.86. The summed E-state index contributed by atoms with van der Waals surface area (Å²) in [5.74, 6) is -1.10. The van der Waals surface area contributed by atoms with Crippen LogP contribution in [-0.2, 0) is 6.18 Å². The highest BCUT2D eigenvalue weighted by Crippen LogP contribution is 2.36. The van der Waals surface area contributed by atoms with Crippen LogP contribution in [-0.4, -0.2) is 21.0 Å². The lowest BCUT2D eigenvalue weighted by Gasteiger charge is -2.13. The Morgan fingerprint density at radius 3 is 2.23 bits per heavy atom. The third kappa shape index (κ3) is 3.80. The molecule has 0 fully saturated rings. The minimum absolute atomic E-state index is 0.0278. The molecule has 0 atom stereocenters. The maximum atomic E-state index is 13.3. The number of anilines is 2. The molecule has 5 nitrogen and oxygen atoms in total. The summed E-state index contributed by atoms with van der Waals surface area (Å²) < 4.78 is 39.8. The maximum Gasteiger partial charge on any atom is 0.419 e. The van der Waals surface area contributed by atoms with E-state index >= 15 is 0 Å². The van der Waals surface area contributed by atoms with Gasteiger partial charge in [-0.2, -0.15) is 13.2 Å². The molecule has 2 N–H and O–H groups in total. The van der Waals surface area contributed by atoms with Gasteiger partial charge in [-0.25, -0.2) is 14.8 Å². The minimum atomic E-state index is -4.59. The fourth-order valence-corrected chi connectivity index (χ4v) is 2.29. The summed E-state index contributed by atoms with van der Waals surface area (Å²) in [5.41, 5.74) is -0.317. The Bertz CT molecular complexity index is 927. The van der Waals surface area contributed by atoms with E-state index in [0.717, 1.165) is 6.20 Å². The smallest absolute Gasteiger partial charge is 0.419 e. The van der Waals surface area contributed by atoms with Gasteiger partial charge in [-0.05, 0) is 24.3 Å². The number of aromatic carboxylic acids is 1. The SMILES string of the molecule is O=C(O)c1ccc(Nc2ncc(C(F)(F)F)c(-c3ccccc3)n2)cc1. The molecule has 3 rings (SSSR count). The molecule has 0 aliphatic rings. The van der Waals surface area contributed by atoms with Crippen LogP contribution in [0.5, 0.6) is 0 Å². The molecule has 0 saturated heterocycles. The van der Waals surface area contributed by atoms with Gasteiger partial charge in [0.25, 0.3) is 0 Å². The van der Waals surface area contributed by atoms with Crippen molar-refractivity contribution in [3.05, 3.63) is 71.9 Å². The van der Waals surface area contributed by atoms with E-state index in [9.17, 15) is 18.0 Å². The molecule has 8 heteroatoms. The van der Waals surface area contributed by atoms with Gasteiger partial charge in [0, 0.05) is 17.4 Å². The number of aromatic nitrogens is 2. The number of nitrogens with one attached hydrogen (secondary N) is 1. The number of hydrogen-bond acceptors (Lipinski definition) is 4. The second-order valence-corrected chi connectivity index (χ2v) is 5.33. The highest BCUT2D eigenvalue weighted by atomic mass is 19.4. The molecule has 0 aliphatic carbocycles. The second-order valence-electron chi connectivity index (χ2n) is 5.33. The predicted molar refractivity (Wildman–Crippen MR) is 89.2 cm³/mol. The van der Waals surface area contributed by atoms with E-state index in [-0.39, 0.29) is 17.2 Å². The van der Waals surface area contributed by atoms with Gasteiger partial charge in [0.05, 0.1) is 11.3 Å². The molecule has 3 aromatic rings. The normalized spacial score (nSPS) is 11.2. The number of nitrogens with zero attached hydrogens (tertiary/aromatic N) is 2. The minimum Gasteiger partial charge on any atom is -0.478 e. The molecule has 132 valence electrons. The summed E-state index contributed by atoms with van der Waals surface area (Å²) in [7, 11) is 0. The topological polar surface area (TPSA) is 75.1 Å². The molecule has 0 aliphatic heterocycles. The van der Waals surface area contributed by atoms with Gasteiger partial charge >= 0.3 is 12.1 Å². The lowest BCUT2D eigenvalue weighted by Crippen LogP contribution is -2.11. The van der Waals surface area contributed by atoms with Crippen LogP contribution >= 0.6 is 0 Å². The first-order chi connectivity index (χ1) is 12.3. The van der Waals surface area contributed by atoms with Crippen molar-refractivity contribution in [1.82, 2.24) is 9.97 Å². The van der Waals surface area contributed by atoms with Gasteiger partial charge in [-0.15, -0.1) is 0 Å². The summed E-state index contributed by atoms with van der Waals surface area (Å²) >= 11 is 0. The molecule has 1 aromatic heterocycles. The number of alkyl halides is 3. The average Bonchev–Trinajstić information content (AvgIpc) is 2.62. The van der Waals surface area contributed by atoms with Gasteiger partial charge in [-0.1, -0.05) is 30.3 Å². The van der Waals surface area contributed by atoms with Crippen LogP contribution in [0.25, 0.3) is 11.3 Å². The van der Waals surface area contributed by atoms with E-state index in [1.165, 1.54) is 36.4 Å². The largest absolute Gasteiger partial charge is 0.478 e. The Morgan fingerprint density at radius 1 is 1.00 bits per heavy atom. The molecular formula is C18H12F3N3O2. The van der Waals surface area contributed by atoms with Crippen molar-refractivity contribution in [1.29, 1.82) is 0 Å². The molecular weight excluding hydrogens is 347 g/mol. The molecule has 0 bridgehead atoms. The zero-order valence-electron chi connectivity index (χ0n) is 13.2. The van der Waals surface area contributed by atoms with Crippen molar-refractivity contribution in [3.63, 3.8) is 0 Å². The van der Waals surface area contributed by atoms with Gasteiger partial charge in [-0.3, -0.25) is 0 Å². The monoisotopic (exact) mass is 359 g/mol. The van der Waals surface area contributed by atoms with Crippen LogP contribution in [0.1, 0.15) is 15.9 Å². The van der Waals surface area contributed by atoms with E-state index in [2.05, 4.69) is 15.3 Å². The van der Waals surface area contributed by atoms with Crippen molar-refractivity contribution in [2.75, 3.05) is 5.32 Å². The summed E-state index contributed by atoms with van der Waals surface area (Å²) in [5, 5.41) is 11.7. The number of carboxylic acids is 1. The Hall–Kier alpha value is -3.42. The fraction of sp³-hybridized carbons (Fsp3) is 0.0556. The summed E-state index contributed by atoms with van der Waals surface area (Å²) in [6.45, 7) is 0. The zero-order chi connectivity index (χ0) is 18.7. The lowest BCUT2D eigenvalue weighted by atomic mass is 10.1. The Labute approximate surface area is 146 Å². The van der Waals surface area contributed by atoms with Crippen molar-refractivity contribution in [3.8, 4) is 11.3 Å². The first kappa shape index (κ1) is 17.4. The first-order valence-electron chi connectivity index (χ1n) is 7.44. The number of carbonyl (C=O) groups is 1. The molecule has 2 aromatic carbocycles. The summed E-state index contributed by atoms with van der Waals surface area (Å²) in [6, 6.07) is 13.7. The Kier molecular flexibility index (Phi) is 4.57. The third-order valence-electron chi connectivity index (χ3n) is 3.53. The molecule has 0 spiro atoms. The average molecular weight is 359 g/mol. The Balaban J connectivity index is 1.97. The molecule has 0 saturated carbocycles. The van der Waals surface area contributed by atoms with Crippen LogP contribution < -0.4 is 5.32 Å². The molecule has 0 radical (unpaired) electrons. The van der Waals surface area contributed by atoms with E-state index in [1.807, 2.05) is 0 Å². The zero-order valence-corrected chi connectivity index (χ0v) is 13.2. The molecule has 0 unspecified atom stereocenters. The highest BCUT2D eigenvalue weighted by molar-refractivity contribution is 5.88. The van der Waals surface area contributed by atoms with E-state index in [0.29, 0.717) is 11.3 Å². The number of benzene rings is 2. The molecule has 1 heterocycles. The maximum absolute atomic E-state index is 13.3. The van der Waals surface area contributed by atoms with Crippen molar-refractivity contribution < 1.29 is 23.1 Å². The van der Waals surface area contributed by atoms with Gasteiger partial charge in [0.1, 0.15) is 5.56 Å². The van der Waals surface area contributed by atoms with Crippen molar-refractivity contribution in [2.45, 2.75) is 6.18 Å². The van der Waals surface area contributed by atoms with E-state index in [1.54, 1.807) is 18.2 Å². The van der Waals surface area contributed by atoms with Crippen LogP contribution in [0, 0.1) is 0 Å². The fourth-order valence-electron chi connectivity index (χ4n) is 2.29. The number of hydrogen-bond donors (Lipinski definition) is 2. The number of halogens is 3. The van der Waals surface area contributed by atoms with Crippen LogP contribution in [0.3, 0.4) is 0 Å². The third-order valence-corrected chi connectivity index (χ3v) is 3.53. The second kappa shape index (κ2) is 6.83. The Morgan fingerprint density at radius 2 is 1.65 bits per heavy atom.